The highest BCUT2D eigenvalue weighted by Crippen LogP contribution is 2.38. The SMILES string of the molecule is O=C(O)CCCn1c(=O)c2ccc3nc4n(c5ccc(c1=O)c2c35)C(=O)c1ccc(C(=O)O)cc1-4. The van der Waals surface area contributed by atoms with Crippen LogP contribution in [0.1, 0.15) is 33.6 Å². The van der Waals surface area contributed by atoms with Gasteiger partial charge < -0.3 is 10.2 Å². The lowest BCUT2D eigenvalue weighted by molar-refractivity contribution is -0.137. The Morgan fingerprint density at radius 2 is 1.57 bits per heavy atom. The number of carboxylic acids is 2. The van der Waals surface area contributed by atoms with Crippen LogP contribution in [0.25, 0.3) is 44.0 Å². The molecule has 5 aromatic rings. The van der Waals surface area contributed by atoms with Gasteiger partial charge in [0.05, 0.1) is 22.2 Å². The average molecular weight is 469 g/mol. The number of carbonyl (C=O) groups excluding carboxylic acids is 1. The summed E-state index contributed by atoms with van der Waals surface area (Å²) in [6.07, 6.45) is -0.0378. The number of aliphatic carboxylic acids is 1. The number of hydrogen-bond donors (Lipinski definition) is 2. The molecule has 35 heavy (non-hydrogen) atoms. The van der Waals surface area contributed by atoms with Crippen LogP contribution >= 0.6 is 0 Å². The first kappa shape index (κ1) is 20.7. The van der Waals surface area contributed by atoms with Crippen molar-refractivity contribution in [2.45, 2.75) is 19.4 Å². The zero-order chi connectivity index (χ0) is 24.6. The standard InChI is InChI=1S/C25H15N3O7/c29-18(30)2-1-9-27-22(31)13-5-7-16-20-17(8-6-14(19(13)20)23(27)32)28-21(26-16)15-10-11(25(34)35)3-4-12(15)24(28)33/h3-8,10H,1-2,9H2,(H,29,30)(H,34,35). The van der Waals surface area contributed by atoms with Crippen LogP contribution in [0.4, 0.5) is 0 Å². The molecule has 0 bridgehead atoms. The molecule has 3 aromatic carbocycles. The highest BCUT2D eigenvalue weighted by Gasteiger charge is 2.31. The van der Waals surface area contributed by atoms with Crippen LogP contribution in [-0.4, -0.2) is 42.2 Å². The van der Waals surface area contributed by atoms with Gasteiger partial charge in [-0.1, -0.05) is 0 Å². The number of rotatable bonds is 5. The van der Waals surface area contributed by atoms with Crippen LogP contribution in [-0.2, 0) is 11.3 Å². The number of fused-ring (bicyclic) bond motifs is 4. The maximum atomic E-state index is 13.3. The first-order chi connectivity index (χ1) is 16.8. The van der Waals surface area contributed by atoms with Crippen molar-refractivity contribution < 1.29 is 24.6 Å². The van der Waals surface area contributed by atoms with Gasteiger partial charge in [-0.15, -0.1) is 0 Å². The molecule has 0 unspecified atom stereocenters. The van der Waals surface area contributed by atoms with Crippen LogP contribution in [0, 0.1) is 0 Å². The summed E-state index contributed by atoms with van der Waals surface area (Å²) in [5.41, 5.74) is 0.559. The molecule has 0 saturated carbocycles. The van der Waals surface area contributed by atoms with E-state index in [1.807, 2.05) is 0 Å². The summed E-state index contributed by atoms with van der Waals surface area (Å²) in [6, 6.07) is 10.6. The normalized spacial score (nSPS) is 12.5. The molecule has 0 amide bonds. The topological polar surface area (TPSA) is 149 Å². The van der Waals surface area contributed by atoms with Crippen molar-refractivity contribution in [3.8, 4) is 11.4 Å². The molecule has 172 valence electrons. The largest absolute Gasteiger partial charge is 0.481 e. The molecule has 1 aliphatic rings. The third kappa shape index (κ3) is 2.76. The second-order valence-corrected chi connectivity index (χ2v) is 8.42. The number of hydrogen-bond acceptors (Lipinski definition) is 6. The molecule has 2 N–H and O–H groups in total. The predicted octanol–water partition coefficient (Wildman–Crippen LogP) is 2.53. The molecule has 0 aliphatic carbocycles. The van der Waals surface area contributed by atoms with Gasteiger partial charge in [-0.25, -0.2) is 9.78 Å². The Bertz CT molecular complexity index is 1870. The van der Waals surface area contributed by atoms with Crippen LogP contribution < -0.4 is 11.1 Å². The summed E-state index contributed by atoms with van der Waals surface area (Å²) in [4.78, 5) is 66.6. The third-order valence-corrected chi connectivity index (χ3v) is 6.46. The number of carbonyl (C=O) groups is 3. The van der Waals surface area contributed by atoms with Crippen LogP contribution in [0.15, 0.2) is 52.1 Å². The molecule has 0 radical (unpaired) electrons. The molecule has 10 heteroatoms. The summed E-state index contributed by atoms with van der Waals surface area (Å²) >= 11 is 0. The fraction of sp³-hybridized carbons (Fsp3) is 0.120. The molecule has 6 rings (SSSR count). The molecule has 0 atom stereocenters. The number of carboxylic acid groups (broad SMARTS) is 2. The summed E-state index contributed by atoms with van der Waals surface area (Å²) < 4.78 is 2.42. The Hall–Kier alpha value is -4.86. The second kappa shape index (κ2) is 7.07. The minimum absolute atomic E-state index is 0.0244. The summed E-state index contributed by atoms with van der Waals surface area (Å²) in [5, 5.41) is 19.7. The molecule has 1 aliphatic heterocycles. The van der Waals surface area contributed by atoms with Crippen molar-refractivity contribution in [3.63, 3.8) is 0 Å². The Morgan fingerprint density at radius 1 is 0.857 bits per heavy atom. The van der Waals surface area contributed by atoms with Crippen molar-refractivity contribution >= 4 is 50.4 Å². The lowest BCUT2D eigenvalue weighted by atomic mass is 10.00. The van der Waals surface area contributed by atoms with Gasteiger partial charge in [0, 0.05) is 40.1 Å². The lowest BCUT2D eigenvalue weighted by Gasteiger charge is -2.15. The Labute approximate surface area is 194 Å². The quantitative estimate of drug-likeness (QED) is 0.366. The van der Waals surface area contributed by atoms with E-state index >= 15 is 0 Å². The van der Waals surface area contributed by atoms with E-state index in [-0.39, 0.29) is 47.5 Å². The van der Waals surface area contributed by atoms with Crippen LogP contribution in [0.5, 0.6) is 0 Å². The maximum Gasteiger partial charge on any atom is 0.335 e. The van der Waals surface area contributed by atoms with E-state index in [4.69, 9.17) is 5.11 Å². The van der Waals surface area contributed by atoms with Crippen molar-refractivity contribution in [3.05, 3.63) is 74.3 Å². The summed E-state index contributed by atoms with van der Waals surface area (Å²) in [7, 11) is 0. The summed E-state index contributed by atoms with van der Waals surface area (Å²) in [5.74, 6) is -2.24. The van der Waals surface area contributed by atoms with E-state index in [1.54, 1.807) is 24.3 Å². The second-order valence-electron chi connectivity index (χ2n) is 8.42. The molecular weight excluding hydrogens is 454 g/mol. The van der Waals surface area contributed by atoms with Crippen molar-refractivity contribution in [2.24, 2.45) is 0 Å². The van der Waals surface area contributed by atoms with Crippen molar-refractivity contribution in [1.29, 1.82) is 0 Å². The van der Waals surface area contributed by atoms with Crippen molar-refractivity contribution in [1.82, 2.24) is 14.1 Å². The fourth-order valence-corrected chi connectivity index (χ4v) is 4.90. The van der Waals surface area contributed by atoms with E-state index in [1.165, 1.54) is 22.8 Å². The molecule has 10 nitrogen and oxygen atoms in total. The Kier molecular flexibility index (Phi) is 4.19. The van der Waals surface area contributed by atoms with Crippen molar-refractivity contribution in [2.75, 3.05) is 0 Å². The van der Waals surface area contributed by atoms with Crippen LogP contribution in [0.2, 0.25) is 0 Å². The zero-order valence-electron chi connectivity index (χ0n) is 17.9. The fourth-order valence-electron chi connectivity index (χ4n) is 4.90. The van der Waals surface area contributed by atoms with E-state index in [0.29, 0.717) is 32.9 Å². The molecule has 0 saturated heterocycles. The van der Waals surface area contributed by atoms with Gasteiger partial charge in [0.15, 0.2) is 0 Å². The number of pyridine rings is 1. The van der Waals surface area contributed by atoms with Gasteiger partial charge in [-0.3, -0.25) is 28.3 Å². The third-order valence-electron chi connectivity index (χ3n) is 6.46. The Balaban J connectivity index is 1.66. The zero-order valence-corrected chi connectivity index (χ0v) is 17.9. The molecule has 3 heterocycles. The smallest absolute Gasteiger partial charge is 0.335 e. The first-order valence-electron chi connectivity index (χ1n) is 10.8. The number of nitrogens with zero attached hydrogens (tertiary/aromatic N) is 3. The van der Waals surface area contributed by atoms with E-state index in [2.05, 4.69) is 4.98 Å². The van der Waals surface area contributed by atoms with Gasteiger partial charge in [-0.2, -0.15) is 0 Å². The monoisotopic (exact) mass is 469 g/mol. The number of benzene rings is 3. The highest BCUT2D eigenvalue weighted by atomic mass is 16.4. The predicted molar refractivity (Wildman–Crippen MR) is 125 cm³/mol. The summed E-state index contributed by atoms with van der Waals surface area (Å²) in [6.45, 7) is -0.0253. The first-order valence-corrected chi connectivity index (χ1v) is 10.8. The molecule has 0 spiro atoms. The molecule has 0 fully saturated rings. The van der Waals surface area contributed by atoms with Crippen LogP contribution in [0.3, 0.4) is 0 Å². The minimum Gasteiger partial charge on any atom is -0.481 e. The van der Waals surface area contributed by atoms with E-state index in [9.17, 15) is 29.1 Å². The number of aromatic nitrogens is 3. The minimum atomic E-state index is -1.13. The van der Waals surface area contributed by atoms with Gasteiger partial charge in [0.1, 0.15) is 5.82 Å². The van der Waals surface area contributed by atoms with E-state index in [0.717, 1.165) is 4.57 Å². The van der Waals surface area contributed by atoms with Gasteiger partial charge in [-0.05, 0) is 48.9 Å². The average Bonchev–Trinajstić information content (AvgIpc) is 3.12. The molecular formula is C25H15N3O7. The number of aromatic carboxylic acids is 1. The molecule has 2 aromatic heterocycles. The highest BCUT2D eigenvalue weighted by molar-refractivity contribution is 6.24. The van der Waals surface area contributed by atoms with Gasteiger partial charge >= 0.3 is 11.9 Å². The lowest BCUT2D eigenvalue weighted by Crippen LogP contribution is -2.33. The maximum absolute atomic E-state index is 13.3. The van der Waals surface area contributed by atoms with Gasteiger partial charge in [0.2, 0.25) is 0 Å². The van der Waals surface area contributed by atoms with E-state index < -0.39 is 23.1 Å². The van der Waals surface area contributed by atoms with Gasteiger partial charge in [0.25, 0.3) is 17.0 Å². The Morgan fingerprint density at radius 3 is 2.26 bits per heavy atom.